The fraction of sp³-hybridized carbons (Fsp3) is 0.368. The molecule has 0 unspecified atom stereocenters. The van der Waals surface area contributed by atoms with Crippen LogP contribution in [0.3, 0.4) is 0 Å². The zero-order chi connectivity index (χ0) is 16.7. The second-order valence-electron chi connectivity index (χ2n) is 5.50. The minimum Gasteiger partial charge on any atom is -0.493 e. The highest BCUT2D eigenvalue weighted by atomic mass is 79.9. The maximum absolute atomic E-state index is 6.01. The largest absolute Gasteiger partial charge is 0.493 e. The molecule has 0 aliphatic heterocycles. The van der Waals surface area contributed by atoms with E-state index >= 15 is 0 Å². The fourth-order valence-corrected chi connectivity index (χ4v) is 2.95. The van der Waals surface area contributed by atoms with Gasteiger partial charge in [-0.1, -0.05) is 31.2 Å². The first-order valence-corrected chi connectivity index (χ1v) is 8.69. The number of halogens is 1. The van der Waals surface area contributed by atoms with Gasteiger partial charge in [0.15, 0.2) is 11.5 Å². The standard InChI is InChI=1S/C19H24BrNO2/c1-4-9-21-12-15-10-17(20)19(18(11-15)22-3)23-13-16-8-6-5-7-14(16)2/h5-8,10-11,21H,4,9,12-13H2,1-3H3. The van der Waals surface area contributed by atoms with Crippen LogP contribution in [0.2, 0.25) is 0 Å². The molecule has 2 rings (SSSR count). The van der Waals surface area contributed by atoms with E-state index in [1.54, 1.807) is 7.11 Å². The summed E-state index contributed by atoms with van der Waals surface area (Å²) in [6.45, 7) is 6.60. The third-order valence-corrected chi connectivity index (χ3v) is 4.27. The molecule has 0 atom stereocenters. The van der Waals surface area contributed by atoms with Crippen molar-refractivity contribution in [2.75, 3.05) is 13.7 Å². The first kappa shape index (κ1) is 17.8. The highest BCUT2D eigenvalue weighted by Gasteiger charge is 2.12. The first-order chi connectivity index (χ1) is 11.2. The van der Waals surface area contributed by atoms with Crippen LogP contribution in [0, 0.1) is 6.92 Å². The Morgan fingerprint density at radius 1 is 1.17 bits per heavy atom. The Balaban J connectivity index is 2.13. The van der Waals surface area contributed by atoms with Crippen molar-refractivity contribution in [2.45, 2.75) is 33.4 Å². The predicted octanol–water partition coefficient (Wildman–Crippen LogP) is 4.84. The van der Waals surface area contributed by atoms with E-state index in [2.05, 4.69) is 53.3 Å². The number of nitrogens with one attached hydrogen (secondary N) is 1. The number of rotatable bonds is 8. The lowest BCUT2D eigenvalue weighted by Gasteiger charge is -2.15. The summed E-state index contributed by atoms with van der Waals surface area (Å²) in [6, 6.07) is 12.3. The van der Waals surface area contributed by atoms with Crippen molar-refractivity contribution in [3.63, 3.8) is 0 Å². The SMILES string of the molecule is CCCNCc1cc(Br)c(OCc2ccccc2C)c(OC)c1. The normalized spacial score (nSPS) is 10.6. The molecule has 124 valence electrons. The number of methoxy groups -OCH3 is 1. The van der Waals surface area contributed by atoms with Crippen LogP contribution < -0.4 is 14.8 Å². The maximum atomic E-state index is 6.01. The van der Waals surface area contributed by atoms with Gasteiger partial charge in [0.2, 0.25) is 0 Å². The minimum absolute atomic E-state index is 0.523. The molecule has 1 N–H and O–H groups in total. The van der Waals surface area contributed by atoms with Gasteiger partial charge in [-0.2, -0.15) is 0 Å². The molecule has 0 bridgehead atoms. The molecule has 0 aliphatic carbocycles. The van der Waals surface area contributed by atoms with Crippen LogP contribution >= 0.6 is 15.9 Å². The maximum Gasteiger partial charge on any atom is 0.175 e. The lowest BCUT2D eigenvalue weighted by atomic mass is 10.1. The number of benzene rings is 2. The van der Waals surface area contributed by atoms with Crippen molar-refractivity contribution in [3.8, 4) is 11.5 Å². The summed E-state index contributed by atoms with van der Waals surface area (Å²) in [6.07, 6.45) is 1.12. The fourth-order valence-electron chi connectivity index (χ4n) is 2.35. The number of aryl methyl sites for hydroxylation is 1. The van der Waals surface area contributed by atoms with Gasteiger partial charge in [-0.25, -0.2) is 0 Å². The second-order valence-corrected chi connectivity index (χ2v) is 6.36. The summed E-state index contributed by atoms with van der Waals surface area (Å²) in [5.74, 6) is 1.50. The van der Waals surface area contributed by atoms with Gasteiger partial charge in [-0.15, -0.1) is 0 Å². The molecule has 4 heteroatoms. The molecule has 0 spiro atoms. The molecule has 0 radical (unpaired) electrons. The van der Waals surface area contributed by atoms with Gasteiger partial charge < -0.3 is 14.8 Å². The Hall–Kier alpha value is -1.52. The Bertz CT molecular complexity index is 643. The van der Waals surface area contributed by atoms with Crippen molar-refractivity contribution in [3.05, 3.63) is 57.6 Å². The van der Waals surface area contributed by atoms with Crippen LogP contribution in [0.4, 0.5) is 0 Å². The number of hydrogen-bond donors (Lipinski definition) is 1. The second kappa shape index (κ2) is 8.94. The molecule has 0 saturated heterocycles. The van der Waals surface area contributed by atoms with E-state index in [-0.39, 0.29) is 0 Å². The van der Waals surface area contributed by atoms with Crippen molar-refractivity contribution >= 4 is 15.9 Å². The summed E-state index contributed by atoms with van der Waals surface area (Å²) in [5.41, 5.74) is 3.57. The highest BCUT2D eigenvalue weighted by Crippen LogP contribution is 2.37. The summed E-state index contributed by atoms with van der Waals surface area (Å²) < 4.78 is 12.4. The molecule has 23 heavy (non-hydrogen) atoms. The monoisotopic (exact) mass is 377 g/mol. The van der Waals surface area contributed by atoms with Crippen molar-refractivity contribution in [1.82, 2.24) is 5.32 Å². The molecule has 0 heterocycles. The van der Waals surface area contributed by atoms with Crippen molar-refractivity contribution in [2.24, 2.45) is 0 Å². The van der Waals surface area contributed by atoms with Crippen molar-refractivity contribution < 1.29 is 9.47 Å². The summed E-state index contributed by atoms with van der Waals surface area (Å²) in [5, 5.41) is 3.40. The zero-order valence-electron chi connectivity index (χ0n) is 14.0. The topological polar surface area (TPSA) is 30.5 Å². The molecule has 3 nitrogen and oxygen atoms in total. The van der Waals surface area contributed by atoms with Crippen LogP contribution in [0.1, 0.15) is 30.0 Å². The van der Waals surface area contributed by atoms with Crippen molar-refractivity contribution in [1.29, 1.82) is 0 Å². The molecule has 0 amide bonds. The lowest BCUT2D eigenvalue weighted by Crippen LogP contribution is -2.14. The molecule has 0 aromatic heterocycles. The molecular formula is C19H24BrNO2. The molecule has 0 aliphatic rings. The van der Waals surface area contributed by atoms with E-state index in [0.717, 1.165) is 35.5 Å². The smallest absolute Gasteiger partial charge is 0.175 e. The minimum atomic E-state index is 0.523. The van der Waals surface area contributed by atoms with Gasteiger partial charge in [-0.05, 0) is 64.6 Å². The number of ether oxygens (including phenoxy) is 2. The summed E-state index contributed by atoms with van der Waals surface area (Å²) >= 11 is 3.61. The van der Waals surface area contributed by atoms with E-state index < -0.39 is 0 Å². The van der Waals surface area contributed by atoms with Crippen LogP contribution in [0.15, 0.2) is 40.9 Å². The van der Waals surface area contributed by atoms with Gasteiger partial charge in [0.1, 0.15) is 6.61 Å². The van der Waals surface area contributed by atoms with Gasteiger partial charge in [0, 0.05) is 6.54 Å². The third-order valence-electron chi connectivity index (χ3n) is 3.68. The van der Waals surface area contributed by atoms with Gasteiger partial charge in [-0.3, -0.25) is 0 Å². The molecule has 0 fully saturated rings. The Labute approximate surface area is 147 Å². The zero-order valence-corrected chi connectivity index (χ0v) is 15.6. The van der Waals surface area contributed by atoms with Crippen LogP contribution in [0.5, 0.6) is 11.5 Å². The van der Waals surface area contributed by atoms with E-state index in [1.165, 1.54) is 16.7 Å². The lowest BCUT2D eigenvalue weighted by molar-refractivity contribution is 0.281. The Morgan fingerprint density at radius 3 is 2.65 bits per heavy atom. The average molecular weight is 378 g/mol. The first-order valence-electron chi connectivity index (χ1n) is 7.90. The molecular weight excluding hydrogens is 354 g/mol. The molecule has 2 aromatic rings. The summed E-state index contributed by atoms with van der Waals surface area (Å²) in [4.78, 5) is 0. The van der Waals surface area contributed by atoms with E-state index in [1.807, 2.05) is 18.2 Å². The van der Waals surface area contributed by atoms with Gasteiger partial charge in [0.25, 0.3) is 0 Å². The number of hydrogen-bond acceptors (Lipinski definition) is 3. The van der Waals surface area contributed by atoms with Crippen LogP contribution in [0.25, 0.3) is 0 Å². The highest BCUT2D eigenvalue weighted by molar-refractivity contribution is 9.10. The van der Waals surface area contributed by atoms with E-state index in [4.69, 9.17) is 9.47 Å². The average Bonchev–Trinajstić information content (AvgIpc) is 2.55. The van der Waals surface area contributed by atoms with Gasteiger partial charge >= 0.3 is 0 Å². The Kier molecular flexibility index (Phi) is 6.93. The Morgan fingerprint density at radius 2 is 1.96 bits per heavy atom. The summed E-state index contributed by atoms with van der Waals surface area (Å²) in [7, 11) is 1.67. The van der Waals surface area contributed by atoms with E-state index in [9.17, 15) is 0 Å². The van der Waals surface area contributed by atoms with Crippen LogP contribution in [-0.4, -0.2) is 13.7 Å². The molecule has 2 aromatic carbocycles. The van der Waals surface area contributed by atoms with Gasteiger partial charge in [0.05, 0.1) is 11.6 Å². The van der Waals surface area contributed by atoms with Crippen LogP contribution in [-0.2, 0) is 13.2 Å². The van der Waals surface area contributed by atoms with E-state index in [0.29, 0.717) is 6.61 Å². The molecule has 0 saturated carbocycles. The predicted molar refractivity (Wildman–Crippen MR) is 98.2 cm³/mol. The third kappa shape index (κ3) is 4.98. The quantitative estimate of drug-likeness (QED) is 0.667.